The summed E-state index contributed by atoms with van der Waals surface area (Å²) < 4.78 is 0. The number of hydrazine groups is 1. The Morgan fingerprint density at radius 2 is 2.17 bits per heavy atom. The second kappa shape index (κ2) is 8.83. The molecule has 0 aromatic carbocycles. The van der Waals surface area contributed by atoms with Gasteiger partial charge in [-0.05, 0) is 0 Å². The summed E-state index contributed by atoms with van der Waals surface area (Å²) in [5.74, 6) is 0. The molecule has 0 unspecified atom stereocenters. The zero-order valence-corrected chi connectivity index (χ0v) is 2.99. The quantitative estimate of drug-likeness (QED) is 0.354. The molecule has 0 aliphatic rings. The lowest BCUT2D eigenvalue weighted by molar-refractivity contribution is -0.110. The van der Waals surface area contributed by atoms with Crippen LogP contribution in [0.1, 0.15) is 7.43 Å². The number of carbonyl (C=O) groups is 1. The maximum atomic E-state index is 9.23. The summed E-state index contributed by atoms with van der Waals surface area (Å²) in [7, 11) is 1.62. The van der Waals surface area contributed by atoms with Gasteiger partial charge in [0.1, 0.15) is 0 Å². The van der Waals surface area contributed by atoms with E-state index in [2.05, 4.69) is 10.9 Å². The Bertz CT molecular complexity index is 30.0. The molecule has 0 saturated carbocycles. The largest absolute Gasteiger partial charge is 0.294 e. The SMILES string of the molecule is C.CNNC=O. The fraction of sp³-hybridized carbons (Fsp3) is 0.667. The van der Waals surface area contributed by atoms with Gasteiger partial charge in [0.25, 0.3) is 0 Å². The minimum atomic E-state index is 0. The first kappa shape index (κ1) is 9.06. The summed E-state index contributed by atoms with van der Waals surface area (Å²) in [4.78, 5) is 9.23. The van der Waals surface area contributed by atoms with E-state index in [4.69, 9.17) is 0 Å². The lowest BCUT2D eigenvalue weighted by atomic mass is 11.3. The van der Waals surface area contributed by atoms with Crippen molar-refractivity contribution in [2.45, 2.75) is 7.43 Å². The minimum Gasteiger partial charge on any atom is -0.294 e. The van der Waals surface area contributed by atoms with E-state index in [0.29, 0.717) is 6.41 Å². The molecule has 0 aromatic heterocycles. The Kier molecular flexibility index (Phi) is 13.3. The van der Waals surface area contributed by atoms with E-state index in [1.165, 1.54) is 0 Å². The molecule has 6 heavy (non-hydrogen) atoms. The Labute approximate surface area is 37.7 Å². The number of hydrogen-bond donors (Lipinski definition) is 2. The maximum Gasteiger partial charge on any atom is 0.221 e. The highest BCUT2D eigenvalue weighted by Crippen LogP contribution is 1.15. The van der Waals surface area contributed by atoms with E-state index in [9.17, 15) is 4.79 Å². The van der Waals surface area contributed by atoms with Crippen molar-refractivity contribution in [2.75, 3.05) is 7.05 Å². The van der Waals surface area contributed by atoms with E-state index >= 15 is 0 Å². The van der Waals surface area contributed by atoms with Crippen molar-refractivity contribution in [3.63, 3.8) is 0 Å². The molecule has 38 valence electrons. The third-order valence-electron chi connectivity index (χ3n) is 0.203. The van der Waals surface area contributed by atoms with Crippen molar-refractivity contribution in [3.05, 3.63) is 0 Å². The standard InChI is InChI=1S/C2H6N2O.CH4/c1-3-4-2-5;/h2-3H,1H3,(H,4,5);1H4. The van der Waals surface area contributed by atoms with Crippen molar-refractivity contribution >= 4 is 6.41 Å². The molecular weight excluding hydrogens is 80.0 g/mol. The summed E-state index contributed by atoms with van der Waals surface area (Å²) in [5, 5.41) is 0. The van der Waals surface area contributed by atoms with Crippen LogP contribution in [0.15, 0.2) is 0 Å². The molecule has 0 saturated heterocycles. The normalized spacial score (nSPS) is 5.50. The van der Waals surface area contributed by atoms with Gasteiger partial charge in [-0.3, -0.25) is 10.2 Å². The Balaban J connectivity index is 0. The van der Waals surface area contributed by atoms with Crippen molar-refractivity contribution < 1.29 is 4.79 Å². The second-order valence-corrected chi connectivity index (χ2v) is 0.512. The summed E-state index contributed by atoms with van der Waals surface area (Å²) in [6.07, 6.45) is 0.569. The van der Waals surface area contributed by atoms with Crippen LogP contribution in [0.25, 0.3) is 0 Å². The van der Waals surface area contributed by atoms with Gasteiger partial charge in [0.15, 0.2) is 0 Å². The summed E-state index contributed by atoms with van der Waals surface area (Å²) in [6, 6.07) is 0. The summed E-state index contributed by atoms with van der Waals surface area (Å²) in [6.45, 7) is 0. The Morgan fingerprint density at radius 3 is 2.17 bits per heavy atom. The molecule has 3 nitrogen and oxygen atoms in total. The lowest BCUT2D eigenvalue weighted by Crippen LogP contribution is -2.24. The van der Waals surface area contributed by atoms with E-state index in [-0.39, 0.29) is 7.43 Å². The minimum absolute atomic E-state index is 0. The van der Waals surface area contributed by atoms with Crippen LogP contribution >= 0.6 is 0 Å². The third-order valence-corrected chi connectivity index (χ3v) is 0.203. The van der Waals surface area contributed by atoms with Gasteiger partial charge in [-0.25, -0.2) is 5.43 Å². The van der Waals surface area contributed by atoms with Gasteiger partial charge < -0.3 is 0 Å². The van der Waals surface area contributed by atoms with Crippen LogP contribution in [0.2, 0.25) is 0 Å². The van der Waals surface area contributed by atoms with Gasteiger partial charge in [0.2, 0.25) is 6.41 Å². The van der Waals surface area contributed by atoms with Crippen LogP contribution in [0, 0.1) is 0 Å². The monoisotopic (exact) mass is 90.1 g/mol. The van der Waals surface area contributed by atoms with Crippen LogP contribution in [0.3, 0.4) is 0 Å². The van der Waals surface area contributed by atoms with Gasteiger partial charge in [-0.1, -0.05) is 7.43 Å². The molecule has 0 fully saturated rings. The molecule has 0 heterocycles. The maximum absolute atomic E-state index is 9.23. The number of hydrogen-bond acceptors (Lipinski definition) is 2. The van der Waals surface area contributed by atoms with Crippen LogP contribution in [0.5, 0.6) is 0 Å². The fourth-order valence-electron chi connectivity index (χ4n) is 0.0589. The van der Waals surface area contributed by atoms with Gasteiger partial charge in [-0.15, -0.1) is 0 Å². The zero-order chi connectivity index (χ0) is 4.12. The molecule has 1 amide bonds. The van der Waals surface area contributed by atoms with Crippen LogP contribution in [-0.2, 0) is 4.79 Å². The van der Waals surface area contributed by atoms with E-state index < -0.39 is 0 Å². The molecule has 2 N–H and O–H groups in total. The number of nitrogens with one attached hydrogen (secondary N) is 2. The van der Waals surface area contributed by atoms with Gasteiger partial charge in [0, 0.05) is 7.05 Å². The molecule has 0 spiro atoms. The van der Waals surface area contributed by atoms with E-state index in [1.807, 2.05) is 0 Å². The molecule has 3 heteroatoms. The smallest absolute Gasteiger partial charge is 0.221 e. The molecule has 0 atom stereocenters. The molecule has 0 rings (SSSR count). The highest BCUT2D eigenvalue weighted by molar-refractivity contribution is 5.44. The van der Waals surface area contributed by atoms with Crippen LogP contribution < -0.4 is 10.9 Å². The van der Waals surface area contributed by atoms with E-state index in [0.717, 1.165) is 0 Å². The zero-order valence-electron chi connectivity index (χ0n) is 2.99. The lowest BCUT2D eigenvalue weighted by Gasteiger charge is -1.83. The summed E-state index contributed by atoms with van der Waals surface area (Å²) >= 11 is 0. The molecule has 0 bridgehead atoms. The Hall–Kier alpha value is -0.570. The topological polar surface area (TPSA) is 41.1 Å². The van der Waals surface area contributed by atoms with Gasteiger partial charge in [0.05, 0.1) is 0 Å². The van der Waals surface area contributed by atoms with Crippen molar-refractivity contribution in [1.29, 1.82) is 0 Å². The molecule has 0 radical (unpaired) electrons. The molecule has 0 aliphatic heterocycles. The average Bonchev–Trinajstić information content (AvgIpc) is 1.41. The predicted molar refractivity (Wildman–Crippen MR) is 25.0 cm³/mol. The second-order valence-electron chi connectivity index (χ2n) is 0.512. The number of amides is 1. The van der Waals surface area contributed by atoms with Crippen molar-refractivity contribution in [2.24, 2.45) is 0 Å². The van der Waals surface area contributed by atoms with Gasteiger partial charge >= 0.3 is 0 Å². The fourth-order valence-corrected chi connectivity index (χ4v) is 0.0589. The number of rotatable bonds is 2. The summed E-state index contributed by atoms with van der Waals surface area (Å²) in [5.41, 5.74) is 4.58. The van der Waals surface area contributed by atoms with Crippen LogP contribution in [0.4, 0.5) is 0 Å². The number of carbonyl (C=O) groups excluding carboxylic acids is 1. The molecule has 0 aliphatic carbocycles. The van der Waals surface area contributed by atoms with Crippen LogP contribution in [-0.4, -0.2) is 13.5 Å². The Morgan fingerprint density at radius 1 is 1.67 bits per heavy atom. The van der Waals surface area contributed by atoms with E-state index in [1.54, 1.807) is 7.05 Å². The highest BCUT2D eigenvalue weighted by Gasteiger charge is 1.55. The van der Waals surface area contributed by atoms with Crippen molar-refractivity contribution in [1.82, 2.24) is 10.9 Å². The van der Waals surface area contributed by atoms with Gasteiger partial charge in [-0.2, -0.15) is 0 Å². The highest BCUT2D eigenvalue weighted by atomic mass is 16.1. The third kappa shape index (κ3) is 9.90. The first-order valence-corrected chi connectivity index (χ1v) is 1.27. The van der Waals surface area contributed by atoms with Crippen molar-refractivity contribution in [3.8, 4) is 0 Å². The first-order chi connectivity index (χ1) is 2.41. The molecular formula is C3H10N2O. The predicted octanol–water partition coefficient (Wildman–Crippen LogP) is -0.497. The molecule has 0 aromatic rings. The average molecular weight is 90.1 g/mol. The first-order valence-electron chi connectivity index (χ1n) is 1.27.